The van der Waals surface area contributed by atoms with E-state index in [1.807, 2.05) is 27.7 Å². The number of benzene rings is 1. The highest BCUT2D eigenvalue weighted by atomic mass is 16.5. The van der Waals surface area contributed by atoms with Gasteiger partial charge < -0.3 is 20.1 Å². The molecule has 1 heterocycles. The number of anilines is 1. The van der Waals surface area contributed by atoms with E-state index >= 15 is 0 Å². The molecule has 0 unspecified atom stereocenters. The molecule has 0 bridgehead atoms. The predicted molar refractivity (Wildman–Crippen MR) is 82.6 cm³/mol. The van der Waals surface area contributed by atoms with Crippen LogP contribution in [-0.2, 0) is 4.74 Å². The van der Waals surface area contributed by atoms with Crippen LogP contribution in [0.4, 0.5) is 5.69 Å². The molecule has 21 heavy (non-hydrogen) atoms. The van der Waals surface area contributed by atoms with E-state index in [0.717, 1.165) is 0 Å². The number of carbonyl (C=O) groups is 1. The molecule has 5 heteroatoms. The standard InChI is InChI=1S/C16H24N2O3/c1-15(2)9-18(10-16(3,4)21-15)14(19)12-8-11(20-5)6-7-13(12)17/h6-8H,9-10,17H2,1-5H3. The number of amides is 1. The van der Waals surface area contributed by atoms with Gasteiger partial charge in [-0.05, 0) is 45.9 Å². The number of ether oxygens (including phenoxy) is 2. The third kappa shape index (κ3) is 3.47. The largest absolute Gasteiger partial charge is 0.497 e. The molecule has 1 aliphatic heterocycles. The van der Waals surface area contributed by atoms with E-state index in [-0.39, 0.29) is 17.1 Å². The zero-order valence-corrected chi connectivity index (χ0v) is 13.4. The van der Waals surface area contributed by atoms with Gasteiger partial charge in [0.15, 0.2) is 0 Å². The van der Waals surface area contributed by atoms with Crippen LogP contribution >= 0.6 is 0 Å². The molecule has 1 aromatic rings. The van der Waals surface area contributed by atoms with Crippen LogP contribution in [0.15, 0.2) is 18.2 Å². The maximum Gasteiger partial charge on any atom is 0.256 e. The summed E-state index contributed by atoms with van der Waals surface area (Å²) in [6.45, 7) is 9.02. The molecule has 0 aromatic heterocycles. The summed E-state index contributed by atoms with van der Waals surface area (Å²) in [4.78, 5) is 14.6. The second-order valence-corrected chi connectivity index (χ2v) is 6.74. The highest BCUT2D eigenvalue weighted by molar-refractivity contribution is 5.99. The zero-order chi connectivity index (χ0) is 15.8. The Morgan fingerprint density at radius 2 is 1.81 bits per heavy atom. The number of nitrogens with two attached hydrogens (primary N) is 1. The van der Waals surface area contributed by atoms with Crippen molar-refractivity contribution >= 4 is 11.6 Å². The molecule has 0 aliphatic carbocycles. The topological polar surface area (TPSA) is 64.8 Å². The lowest BCUT2D eigenvalue weighted by Gasteiger charge is -2.47. The fourth-order valence-corrected chi connectivity index (χ4v) is 2.95. The van der Waals surface area contributed by atoms with Crippen molar-refractivity contribution in [2.24, 2.45) is 0 Å². The third-order valence-corrected chi connectivity index (χ3v) is 3.47. The zero-order valence-electron chi connectivity index (χ0n) is 13.4. The van der Waals surface area contributed by atoms with Crippen LogP contribution in [0.5, 0.6) is 5.75 Å². The lowest BCUT2D eigenvalue weighted by Crippen LogP contribution is -2.58. The molecule has 2 rings (SSSR count). The van der Waals surface area contributed by atoms with Crippen molar-refractivity contribution in [2.75, 3.05) is 25.9 Å². The Hall–Kier alpha value is -1.75. The van der Waals surface area contributed by atoms with Crippen LogP contribution in [0.25, 0.3) is 0 Å². The first-order chi connectivity index (χ1) is 9.63. The molecule has 0 spiro atoms. The molecular weight excluding hydrogens is 268 g/mol. The van der Waals surface area contributed by atoms with E-state index in [9.17, 15) is 4.79 Å². The van der Waals surface area contributed by atoms with Crippen molar-refractivity contribution in [1.82, 2.24) is 4.90 Å². The second-order valence-electron chi connectivity index (χ2n) is 6.74. The summed E-state index contributed by atoms with van der Waals surface area (Å²) in [5.74, 6) is 0.537. The van der Waals surface area contributed by atoms with Gasteiger partial charge in [-0.25, -0.2) is 0 Å². The number of morpholine rings is 1. The lowest BCUT2D eigenvalue weighted by atomic mass is 9.98. The minimum atomic E-state index is -0.384. The van der Waals surface area contributed by atoms with Gasteiger partial charge in [-0.3, -0.25) is 4.79 Å². The number of nitrogens with zero attached hydrogens (tertiary/aromatic N) is 1. The van der Waals surface area contributed by atoms with Gasteiger partial charge in [0.1, 0.15) is 5.75 Å². The number of carbonyl (C=O) groups excluding carboxylic acids is 1. The van der Waals surface area contributed by atoms with E-state index in [1.54, 1.807) is 30.2 Å². The van der Waals surface area contributed by atoms with Gasteiger partial charge in [0, 0.05) is 18.8 Å². The maximum absolute atomic E-state index is 12.8. The van der Waals surface area contributed by atoms with E-state index in [1.165, 1.54) is 0 Å². The Labute approximate surface area is 126 Å². The number of hydrogen-bond acceptors (Lipinski definition) is 4. The molecule has 1 saturated heterocycles. The third-order valence-electron chi connectivity index (χ3n) is 3.47. The van der Waals surface area contributed by atoms with Gasteiger partial charge in [-0.15, -0.1) is 0 Å². The van der Waals surface area contributed by atoms with Crippen LogP contribution in [0.1, 0.15) is 38.1 Å². The first-order valence-electron chi connectivity index (χ1n) is 7.06. The Morgan fingerprint density at radius 3 is 2.33 bits per heavy atom. The average Bonchev–Trinajstić information content (AvgIpc) is 2.35. The molecular formula is C16H24N2O3. The van der Waals surface area contributed by atoms with Crippen LogP contribution in [0.2, 0.25) is 0 Å². The molecule has 1 amide bonds. The van der Waals surface area contributed by atoms with E-state index < -0.39 is 0 Å². The number of nitrogen functional groups attached to an aromatic ring is 1. The first kappa shape index (κ1) is 15.6. The highest BCUT2D eigenvalue weighted by Crippen LogP contribution is 2.30. The van der Waals surface area contributed by atoms with Crippen LogP contribution in [-0.4, -0.2) is 42.2 Å². The Balaban J connectivity index is 2.31. The monoisotopic (exact) mass is 292 g/mol. The van der Waals surface area contributed by atoms with Gasteiger partial charge in [0.25, 0.3) is 5.91 Å². The molecule has 5 nitrogen and oxygen atoms in total. The fourth-order valence-electron chi connectivity index (χ4n) is 2.95. The lowest BCUT2D eigenvalue weighted by molar-refractivity contribution is -0.171. The summed E-state index contributed by atoms with van der Waals surface area (Å²) in [5, 5.41) is 0. The minimum Gasteiger partial charge on any atom is -0.497 e. The van der Waals surface area contributed by atoms with Gasteiger partial charge in [-0.1, -0.05) is 0 Å². The normalized spacial score (nSPS) is 20.1. The molecule has 1 aromatic carbocycles. The maximum atomic E-state index is 12.8. The summed E-state index contributed by atoms with van der Waals surface area (Å²) in [6, 6.07) is 5.13. The van der Waals surface area contributed by atoms with Crippen LogP contribution in [0.3, 0.4) is 0 Å². The Morgan fingerprint density at radius 1 is 1.24 bits per heavy atom. The highest BCUT2D eigenvalue weighted by Gasteiger charge is 2.40. The van der Waals surface area contributed by atoms with Gasteiger partial charge in [0.05, 0.1) is 23.9 Å². The molecule has 0 atom stereocenters. The number of rotatable bonds is 2. The van der Waals surface area contributed by atoms with E-state index in [0.29, 0.717) is 30.1 Å². The number of hydrogen-bond donors (Lipinski definition) is 1. The minimum absolute atomic E-state index is 0.0872. The van der Waals surface area contributed by atoms with Crippen molar-refractivity contribution < 1.29 is 14.3 Å². The smallest absolute Gasteiger partial charge is 0.256 e. The summed E-state index contributed by atoms with van der Waals surface area (Å²) >= 11 is 0. The van der Waals surface area contributed by atoms with Gasteiger partial charge in [-0.2, -0.15) is 0 Å². The van der Waals surface area contributed by atoms with E-state index in [2.05, 4.69) is 0 Å². The van der Waals surface area contributed by atoms with Crippen LogP contribution < -0.4 is 10.5 Å². The molecule has 2 N–H and O–H groups in total. The molecule has 116 valence electrons. The number of methoxy groups -OCH3 is 1. The quantitative estimate of drug-likeness (QED) is 0.850. The van der Waals surface area contributed by atoms with Gasteiger partial charge in [0.2, 0.25) is 0 Å². The Kier molecular flexibility index (Phi) is 3.89. The second kappa shape index (κ2) is 5.22. The van der Waals surface area contributed by atoms with Crippen molar-refractivity contribution in [2.45, 2.75) is 38.9 Å². The summed E-state index contributed by atoms with van der Waals surface area (Å²) in [5.41, 5.74) is 6.12. The summed E-state index contributed by atoms with van der Waals surface area (Å²) < 4.78 is 11.2. The van der Waals surface area contributed by atoms with Crippen LogP contribution in [0, 0.1) is 0 Å². The SMILES string of the molecule is COc1ccc(N)c(C(=O)N2CC(C)(C)OC(C)(C)C2)c1. The fraction of sp³-hybridized carbons (Fsp3) is 0.562. The summed E-state index contributed by atoms with van der Waals surface area (Å²) in [7, 11) is 1.57. The van der Waals surface area contributed by atoms with Crippen molar-refractivity contribution in [1.29, 1.82) is 0 Å². The van der Waals surface area contributed by atoms with E-state index in [4.69, 9.17) is 15.2 Å². The first-order valence-corrected chi connectivity index (χ1v) is 7.06. The van der Waals surface area contributed by atoms with Crippen molar-refractivity contribution in [3.63, 3.8) is 0 Å². The Bertz CT molecular complexity index is 536. The molecule has 1 aliphatic rings. The van der Waals surface area contributed by atoms with Crippen molar-refractivity contribution in [3.8, 4) is 5.75 Å². The van der Waals surface area contributed by atoms with Crippen molar-refractivity contribution in [3.05, 3.63) is 23.8 Å². The molecule has 0 radical (unpaired) electrons. The molecule has 0 saturated carbocycles. The predicted octanol–water partition coefficient (Wildman–Crippen LogP) is 2.31. The summed E-state index contributed by atoms with van der Waals surface area (Å²) in [6.07, 6.45) is 0. The van der Waals surface area contributed by atoms with Gasteiger partial charge >= 0.3 is 0 Å². The average molecular weight is 292 g/mol. The molecule has 1 fully saturated rings.